The number of amides is 1. The largest absolute Gasteiger partial charge is 0.495 e. The Hall–Kier alpha value is -1.55. The summed E-state index contributed by atoms with van der Waals surface area (Å²) in [7, 11) is 1.61. The number of carbonyl (C=O) groups is 1. The Labute approximate surface area is 121 Å². The van der Waals surface area contributed by atoms with E-state index in [9.17, 15) is 4.79 Å². The number of anilines is 1. The minimum absolute atomic E-state index is 0.0383. The predicted octanol–water partition coefficient (Wildman–Crippen LogP) is 2.90. The summed E-state index contributed by atoms with van der Waals surface area (Å²) in [6, 6.07) is 7.41. The predicted molar refractivity (Wildman–Crippen MR) is 81.1 cm³/mol. The number of hydrogen-bond acceptors (Lipinski definition) is 3. The van der Waals surface area contributed by atoms with Gasteiger partial charge in [0.25, 0.3) is 0 Å². The molecule has 1 aliphatic rings. The second kappa shape index (κ2) is 7.29. The molecule has 20 heavy (non-hydrogen) atoms. The molecule has 4 nitrogen and oxygen atoms in total. The molecule has 0 aromatic heterocycles. The Kier molecular flexibility index (Phi) is 5.41. The maximum atomic E-state index is 12.4. The van der Waals surface area contributed by atoms with Crippen molar-refractivity contribution in [2.75, 3.05) is 25.5 Å². The third-order valence-electron chi connectivity index (χ3n) is 3.93. The van der Waals surface area contributed by atoms with Crippen molar-refractivity contribution in [3.8, 4) is 5.75 Å². The molecule has 1 aromatic carbocycles. The van der Waals surface area contributed by atoms with Gasteiger partial charge in [-0.2, -0.15) is 0 Å². The normalized spacial score (nSPS) is 18.1. The lowest BCUT2D eigenvalue weighted by molar-refractivity contribution is -0.120. The average molecular weight is 276 g/mol. The maximum absolute atomic E-state index is 12.4. The number of hydrogen-bond donors (Lipinski definition) is 1. The van der Waals surface area contributed by atoms with Gasteiger partial charge in [-0.15, -0.1) is 0 Å². The number of benzene rings is 1. The van der Waals surface area contributed by atoms with E-state index < -0.39 is 0 Å². The lowest BCUT2D eigenvalue weighted by Crippen LogP contribution is -2.42. The number of carbonyl (C=O) groups excluding carboxylic acids is 1. The van der Waals surface area contributed by atoms with E-state index in [1.54, 1.807) is 7.11 Å². The van der Waals surface area contributed by atoms with E-state index >= 15 is 0 Å². The molecule has 0 radical (unpaired) electrons. The minimum atomic E-state index is -0.0991. The van der Waals surface area contributed by atoms with Crippen molar-refractivity contribution in [3.05, 3.63) is 24.3 Å². The van der Waals surface area contributed by atoms with E-state index in [1.165, 1.54) is 25.7 Å². The number of rotatable bonds is 4. The second-order valence-corrected chi connectivity index (χ2v) is 5.32. The van der Waals surface area contributed by atoms with Crippen LogP contribution in [0.2, 0.25) is 0 Å². The summed E-state index contributed by atoms with van der Waals surface area (Å²) in [5.41, 5.74) is 0.738. The van der Waals surface area contributed by atoms with Crippen molar-refractivity contribution in [2.45, 2.75) is 38.6 Å². The molecule has 0 aliphatic carbocycles. The van der Waals surface area contributed by atoms with Gasteiger partial charge in [-0.3, -0.25) is 9.69 Å². The Morgan fingerprint density at radius 2 is 1.85 bits per heavy atom. The fourth-order valence-electron chi connectivity index (χ4n) is 2.63. The van der Waals surface area contributed by atoms with E-state index in [0.29, 0.717) is 5.75 Å². The van der Waals surface area contributed by atoms with E-state index in [0.717, 1.165) is 18.8 Å². The number of methoxy groups -OCH3 is 1. The summed E-state index contributed by atoms with van der Waals surface area (Å²) in [4.78, 5) is 14.7. The third kappa shape index (κ3) is 3.73. The van der Waals surface area contributed by atoms with Gasteiger partial charge < -0.3 is 10.1 Å². The van der Waals surface area contributed by atoms with Crippen LogP contribution in [0.15, 0.2) is 24.3 Å². The second-order valence-electron chi connectivity index (χ2n) is 5.32. The van der Waals surface area contributed by atoms with Crippen molar-refractivity contribution >= 4 is 11.6 Å². The summed E-state index contributed by atoms with van der Waals surface area (Å²) in [5.74, 6) is 0.736. The van der Waals surface area contributed by atoms with E-state index in [2.05, 4.69) is 10.2 Å². The molecule has 2 rings (SSSR count). The molecule has 0 unspecified atom stereocenters. The van der Waals surface area contributed by atoms with Gasteiger partial charge in [0.2, 0.25) is 5.91 Å². The van der Waals surface area contributed by atoms with Gasteiger partial charge >= 0.3 is 0 Å². The number of nitrogens with one attached hydrogen (secondary N) is 1. The van der Waals surface area contributed by atoms with E-state index in [-0.39, 0.29) is 11.9 Å². The first-order chi connectivity index (χ1) is 9.72. The van der Waals surface area contributed by atoms with Crippen LogP contribution in [0.25, 0.3) is 0 Å². The quantitative estimate of drug-likeness (QED) is 0.919. The maximum Gasteiger partial charge on any atom is 0.241 e. The van der Waals surface area contributed by atoms with Crippen LogP contribution in [0.4, 0.5) is 5.69 Å². The Morgan fingerprint density at radius 3 is 2.50 bits per heavy atom. The van der Waals surface area contributed by atoms with Crippen LogP contribution in [0, 0.1) is 0 Å². The highest BCUT2D eigenvalue weighted by molar-refractivity contribution is 5.95. The van der Waals surface area contributed by atoms with Crippen molar-refractivity contribution < 1.29 is 9.53 Å². The number of likely N-dealkylation sites (tertiary alicyclic amines) is 1. The topological polar surface area (TPSA) is 41.6 Å². The molecule has 1 aromatic rings. The van der Waals surface area contributed by atoms with Gasteiger partial charge in [-0.25, -0.2) is 0 Å². The Morgan fingerprint density at radius 1 is 1.20 bits per heavy atom. The summed E-state index contributed by atoms with van der Waals surface area (Å²) >= 11 is 0. The van der Waals surface area contributed by atoms with Crippen molar-refractivity contribution in [1.29, 1.82) is 0 Å². The van der Waals surface area contributed by atoms with Crippen LogP contribution in [0.3, 0.4) is 0 Å². The SMILES string of the molecule is COc1ccccc1NC(=O)[C@@H](C)N1CCCCCC1. The lowest BCUT2D eigenvalue weighted by atomic mass is 10.2. The molecule has 1 aliphatic heterocycles. The number of nitrogens with zero attached hydrogens (tertiary/aromatic N) is 1. The molecule has 1 fully saturated rings. The van der Waals surface area contributed by atoms with Crippen molar-refractivity contribution in [2.24, 2.45) is 0 Å². The zero-order chi connectivity index (χ0) is 14.4. The van der Waals surface area contributed by atoms with Gasteiger partial charge in [0, 0.05) is 0 Å². The van der Waals surface area contributed by atoms with E-state index in [1.807, 2.05) is 31.2 Å². The molecule has 1 N–H and O–H groups in total. The number of para-hydroxylation sites is 2. The lowest BCUT2D eigenvalue weighted by Gasteiger charge is -2.26. The molecule has 1 heterocycles. The molecule has 4 heteroatoms. The van der Waals surface area contributed by atoms with Gasteiger partial charge in [-0.1, -0.05) is 25.0 Å². The summed E-state index contributed by atoms with van der Waals surface area (Å²) < 4.78 is 5.26. The monoisotopic (exact) mass is 276 g/mol. The summed E-state index contributed by atoms with van der Waals surface area (Å²) in [5, 5.41) is 2.97. The highest BCUT2D eigenvalue weighted by Crippen LogP contribution is 2.23. The first-order valence-corrected chi connectivity index (χ1v) is 7.40. The smallest absolute Gasteiger partial charge is 0.241 e. The highest BCUT2D eigenvalue weighted by atomic mass is 16.5. The van der Waals surface area contributed by atoms with Gasteiger partial charge in [0.1, 0.15) is 5.75 Å². The molecular formula is C16H24N2O2. The zero-order valence-electron chi connectivity index (χ0n) is 12.4. The molecule has 0 spiro atoms. The molecular weight excluding hydrogens is 252 g/mol. The van der Waals surface area contributed by atoms with Gasteiger partial charge in [0.15, 0.2) is 0 Å². The first-order valence-electron chi connectivity index (χ1n) is 7.40. The molecule has 110 valence electrons. The van der Waals surface area contributed by atoms with Gasteiger partial charge in [0.05, 0.1) is 18.8 Å². The summed E-state index contributed by atoms with van der Waals surface area (Å²) in [6.45, 7) is 4.01. The fourth-order valence-corrected chi connectivity index (χ4v) is 2.63. The minimum Gasteiger partial charge on any atom is -0.495 e. The summed E-state index contributed by atoms with van der Waals surface area (Å²) in [6.07, 6.45) is 4.92. The molecule has 1 atom stereocenters. The average Bonchev–Trinajstić information content (AvgIpc) is 2.76. The zero-order valence-corrected chi connectivity index (χ0v) is 12.4. The highest BCUT2D eigenvalue weighted by Gasteiger charge is 2.22. The van der Waals surface area contributed by atoms with E-state index in [4.69, 9.17) is 4.74 Å². The van der Waals surface area contributed by atoms with Crippen LogP contribution in [0.1, 0.15) is 32.6 Å². The first kappa shape index (κ1) is 14.9. The molecule has 0 saturated carbocycles. The van der Waals surface area contributed by atoms with Crippen LogP contribution in [-0.4, -0.2) is 37.0 Å². The Bertz CT molecular complexity index is 440. The van der Waals surface area contributed by atoms with Crippen molar-refractivity contribution in [3.63, 3.8) is 0 Å². The molecule has 1 amide bonds. The van der Waals surface area contributed by atoms with Crippen LogP contribution in [0.5, 0.6) is 5.75 Å². The number of ether oxygens (including phenoxy) is 1. The third-order valence-corrected chi connectivity index (χ3v) is 3.93. The standard InChI is InChI=1S/C16H24N2O2/c1-13(18-11-7-3-4-8-12-18)16(19)17-14-9-5-6-10-15(14)20-2/h5-6,9-10,13H,3-4,7-8,11-12H2,1-2H3,(H,17,19)/t13-/m1/s1. The van der Waals surface area contributed by atoms with Crippen LogP contribution >= 0.6 is 0 Å². The van der Waals surface area contributed by atoms with Crippen LogP contribution in [-0.2, 0) is 4.79 Å². The van der Waals surface area contributed by atoms with Gasteiger partial charge in [-0.05, 0) is 45.0 Å². The van der Waals surface area contributed by atoms with Crippen molar-refractivity contribution in [1.82, 2.24) is 4.90 Å². The fraction of sp³-hybridized carbons (Fsp3) is 0.562. The molecule has 1 saturated heterocycles. The Balaban J connectivity index is 1.99. The molecule has 0 bridgehead atoms. The van der Waals surface area contributed by atoms with Crippen LogP contribution < -0.4 is 10.1 Å².